The van der Waals surface area contributed by atoms with Crippen molar-refractivity contribution in [3.63, 3.8) is 0 Å². The maximum absolute atomic E-state index is 14.1. The number of piperidine rings is 1. The van der Waals surface area contributed by atoms with Gasteiger partial charge in [0.05, 0.1) is 32.2 Å². The lowest BCUT2D eigenvalue weighted by Gasteiger charge is -2.36. The molecule has 0 amide bonds. The van der Waals surface area contributed by atoms with E-state index in [1.54, 1.807) is 4.90 Å². The Bertz CT molecular complexity index is 421. The minimum atomic E-state index is -1.58. The second kappa shape index (κ2) is 6.12. The lowest BCUT2D eigenvalue weighted by molar-refractivity contribution is 0.0565. The molecule has 1 aliphatic heterocycles. The van der Waals surface area contributed by atoms with E-state index in [1.807, 2.05) is 0 Å². The fourth-order valence-electron chi connectivity index (χ4n) is 2.12. The number of halogens is 1. The summed E-state index contributed by atoms with van der Waals surface area (Å²) < 4.78 is 19.3. The highest BCUT2D eigenvalue weighted by Gasteiger charge is 2.35. The summed E-state index contributed by atoms with van der Waals surface area (Å²) in [6, 6.07) is 0. The lowest BCUT2D eigenvalue weighted by atomic mass is 9.96. The fourth-order valence-corrected chi connectivity index (χ4v) is 2.12. The molecule has 1 unspecified atom stereocenters. The fraction of sp³-hybridized carbons (Fsp3) is 0.667. The number of alkyl halides is 1. The predicted molar refractivity (Wildman–Crippen MR) is 67.0 cm³/mol. The summed E-state index contributed by atoms with van der Waals surface area (Å²) in [6.07, 6.45) is 3.99. The van der Waals surface area contributed by atoms with E-state index in [1.165, 1.54) is 12.4 Å². The van der Waals surface area contributed by atoms with Crippen molar-refractivity contribution in [2.75, 3.05) is 37.8 Å². The SMILES string of the molecule is OCCOc1cncc(N2CCCC(F)(CO)C2)n1. The standard InChI is InChI=1S/C12H18FN3O3/c13-12(9-18)2-1-3-16(8-12)10-6-14-7-11(15-10)19-5-4-17/h6-7,17-18H,1-5,8-9H2. The molecule has 0 radical (unpaired) electrons. The van der Waals surface area contributed by atoms with Crippen molar-refractivity contribution >= 4 is 5.82 Å². The molecule has 1 atom stereocenters. The van der Waals surface area contributed by atoms with Crippen LogP contribution in [0.1, 0.15) is 12.8 Å². The number of aromatic nitrogens is 2. The largest absolute Gasteiger partial charge is 0.474 e. The summed E-state index contributed by atoms with van der Waals surface area (Å²) in [5, 5.41) is 17.8. The normalized spacial score (nSPS) is 23.4. The van der Waals surface area contributed by atoms with Gasteiger partial charge in [0.25, 0.3) is 0 Å². The van der Waals surface area contributed by atoms with Crippen molar-refractivity contribution in [3.8, 4) is 5.88 Å². The van der Waals surface area contributed by atoms with Gasteiger partial charge < -0.3 is 19.8 Å². The summed E-state index contributed by atoms with van der Waals surface area (Å²) >= 11 is 0. The molecular weight excluding hydrogens is 253 g/mol. The van der Waals surface area contributed by atoms with Gasteiger partial charge in [-0.25, -0.2) is 4.39 Å². The average molecular weight is 271 g/mol. The van der Waals surface area contributed by atoms with Crippen molar-refractivity contribution < 1.29 is 19.3 Å². The third-order valence-corrected chi connectivity index (χ3v) is 3.08. The molecule has 2 N–H and O–H groups in total. The van der Waals surface area contributed by atoms with Crippen molar-refractivity contribution in [1.82, 2.24) is 9.97 Å². The van der Waals surface area contributed by atoms with Crippen LogP contribution >= 0.6 is 0 Å². The van der Waals surface area contributed by atoms with E-state index in [9.17, 15) is 4.39 Å². The minimum Gasteiger partial charge on any atom is -0.474 e. The molecular formula is C12H18FN3O3. The summed E-state index contributed by atoms with van der Waals surface area (Å²) in [5.41, 5.74) is -1.58. The zero-order valence-electron chi connectivity index (χ0n) is 10.6. The molecule has 0 saturated carbocycles. The molecule has 2 heterocycles. The zero-order valence-corrected chi connectivity index (χ0v) is 10.6. The van der Waals surface area contributed by atoms with Crippen LogP contribution in [0.15, 0.2) is 12.4 Å². The Balaban J connectivity index is 2.08. The van der Waals surface area contributed by atoms with Gasteiger partial charge in [-0.2, -0.15) is 4.98 Å². The Hall–Kier alpha value is -1.47. The first kappa shape index (κ1) is 14.0. The number of nitrogens with zero attached hydrogens (tertiary/aromatic N) is 3. The van der Waals surface area contributed by atoms with Crippen LogP contribution in [0, 0.1) is 0 Å². The van der Waals surface area contributed by atoms with E-state index in [0.29, 0.717) is 31.1 Å². The van der Waals surface area contributed by atoms with Crippen molar-refractivity contribution in [1.29, 1.82) is 0 Å². The summed E-state index contributed by atoms with van der Waals surface area (Å²) in [7, 11) is 0. The molecule has 1 aromatic rings. The molecule has 1 aromatic heterocycles. The van der Waals surface area contributed by atoms with Gasteiger partial charge in [-0.1, -0.05) is 0 Å². The first-order valence-corrected chi connectivity index (χ1v) is 6.27. The average Bonchev–Trinajstić information content (AvgIpc) is 2.45. The van der Waals surface area contributed by atoms with Crippen LogP contribution < -0.4 is 9.64 Å². The van der Waals surface area contributed by atoms with Crippen LogP contribution in [0.3, 0.4) is 0 Å². The zero-order chi connectivity index (χ0) is 13.7. The van der Waals surface area contributed by atoms with Gasteiger partial charge in [-0.3, -0.25) is 4.98 Å². The van der Waals surface area contributed by atoms with E-state index >= 15 is 0 Å². The van der Waals surface area contributed by atoms with Crippen molar-refractivity contribution in [3.05, 3.63) is 12.4 Å². The number of aliphatic hydroxyl groups is 2. The van der Waals surface area contributed by atoms with E-state index < -0.39 is 12.3 Å². The van der Waals surface area contributed by atoms with Crippen LogP contribution in [0.5, 0.6) is 5.88 Å². The van der Waals surface area contributed by atoms with Crippen LogP contribution in [0.2, 0.25) is 0 Å². The molecule has 6 nitrogen and oxygen atoms in total. The number of rotatable bonds is 5. The molecule has 0 bridgehead atoms. The second-order valence-electron chi connectivity index (χ2n) is 4.62. The molecule has 0 aliphatic carbocycles. The quantitative estimate of drug-likeness (QED) is 0.793. The maximum Gasteiger partial charge on any atom is 0.234 e. The Morgan fingerprint density at radius 3 is 3.00 bits per heavy atom. The van der Waals surface area contributed by atoms with Gasteiger partial charge >= 0.3 is 0 Å². The number of anilines is 1. The van der Waals surface area contributed by atoms with Gasteiger partial charge in [0.1, 0.15) is 6.61 Å². The molecule has 19 heavy (non-hydrogen) atoms. The van der Waals surface area contributed by atoms with Crippen LogP contribution in [0.25, 0.3) is 0 Å². The molecule has 0 spiro atoms. The number of aliphatic hydroxyl groups excluding tert-OH is 2. The third kappa shape index (κ3) is 3.51. The topological polar surface area (TPSA) is 78.7 Å². The molecule has 106 valence electrons. The Kier molecular flexibility index (Phi) is 4.49. The summed E-state index contributed by atoms with van der Waals surface area (Å²) in [6.45, 7) is 0.318. The summed E-state index contributed by atoms with van der Waals surface area (Å²) in [4.78, 5) is 9.95. The van der Waals surface area contributed by atoms with Crippen molar-refractivity contribution in [2.45, 2.75) is 18.5 Å². The Morgan fingerprint density at radius 2 is 2.26 bits per heavy atom. The van der Waals surface area contributed by atoms with Crippen LogP contribution in [0.4, 0.5) is 10.2 Å². The first-order chi connectivity index (χ1) is 9.17. The number of hydrogen-bond donors (Lipinski definition) is 2. The molecule has 1 fully saturated rings. The summed E-state index contributed by atoms with van der Waals surface area (Å²) in [5.74, 6) is 0.816. The second-order valence-corrected chi connectivity index (χ2v) is 4.62. The number of hydrogen-bond acceptors (Lipinski definition) is 6. The number of ether oxygens (including phenoxy) is 1. The maximum atomic E-state index is 14.1. The van der Waals surface area contributed by atoms with E-state index in [4.69, 9.17) is 14.9 Å². The van der Waals surface area contributed by atoms with E-state index in [-0.39, 0.29) is 19.8 Å². The van der Waals surface area contributed by atoms with E-state index in [0.717, 1.165) is 0 Å². The Morgan fingerprint density at radius 1 is 1.42 bits per heavy atom. The van der Waals surface area contributed by atoms with Gasteiger partial charge in [0.2, 0.25) is 5.88 Å². The first-order valence-electron chi connectivity index (χ1n) is 6.27. The highest BCUT2D eigenvalue weighted by molar-refractivity contribution is 5.39. The van der Waals surface area contributed by atoms with E-state index in [2.05, 4.69) is 9.97 Å². The molecule has 7 heteroatoms. The smallest absolute Gasteiger partial charge is 0.234 e. The van der Waals surface area contributed by atoms with Gasteiger partial charge in [-0.15, -0.1) is 0 Å². The monoisotopic (exact) mass is 271 g/mol. The Labute approximate surface area is 110 Å². The molecule has 1 saturated heterocycles. The van der Waals surface area contributed by atoms with Gasteiger partial charge in [0, 0.05) is 6.54 Å². The third-order valence-electron chi connectivity index (χ3n) is 3.08. The van der Waals surface area contributed by atoms with Crippen LogP contribution in [-0.2, 0) is 0 Å². The molecule has 0 aromatic carbocycles. The van der Waals surface area contributed by atoms with Gasteiger partial charge in [0.15, 0.2) is 11.5 Å². The minimum absolute atomic E-state index is 0.0988. The lowest BCUT2D eigenvalue weighted by Crippen LogP contribution is -2.47. The highest BCUT2D eigenvalue weighted by Crippen LogP contribution is 2.28. The molecule has 2 rings (SSSR count). The predicted octanol–water partition coefficient (Wildman–Crippen LogP) is 0.148. The van der Waals surface area contributed by atoms with Crippen LogP contribution in [-0.4, -0.2) is 58.8 Å². The van der Waals surface area contributed by atoms with Gasteiger partial charge in [-0.05, 0) is 12.8 Å². The molecule has 1 aliphatic rings. The highest BCUT2D eigenvalue weighted by atomic mass is 19.1. The van der Waals surface area contributed by atoms with Crippen molar-refractivity contribution in [2.24, 2.45) is 0 Å².